The zero-order chi connectivity index (χ0) is 19.4. The summed E-state index contributed by atoms with van der Waals surface area (Å²) >= 11 is 0. The first-order valence-corrected chi connectivity index (χ1v) is 9.48. The van der Waals surface area contributed by atoms with Crippen molar-refractivity contribution in [1.82, 2.24) is 34.4 Å². The van der Waals surface area contributed by atoms with E-state index in [1.54, 1.807) is 21.8 Å². The molecule has 0 fully saturated rings. The number of amides is 1. The number of carbonyl (C=O) groups is 1. The van der Waals surface area contributed by atoms with Crippen molar-refractivity contribution < 1.29 is 4.79 Å². The van der Waals surface area contributed by atoms with Crippen molar-refractivity contribution in [3.8, 4) is 11.4 Å². The molecule has 1 amide bonds. The first kappa shape index (κ1) is 16.9. The lowest BCUT2D eigenvalue weighted by Crippen LogP contribution is -2.42. The largest absolute Gasteiger partial charge is 0.329 e. The molecule has 5 rings (SSSR count). The Labute approximate surface area is 161 Å². The van der Waals surface area contributed by atoms with Gasteiger partial charge in [0.1, 0.15) is 5.56 Å². The van der Waals surface area contributed by atoms with E-state index in [0.717, 1.165) is 41.9 Å². The molecular weight excluding hydrogens is 358 g/mol. The van der Waals surface area contributed by atoms with Crippen LogP contribution in [0.5, 0.6) is 0 Å². The number of carbonyl (C=O) groups excluding carboxylic acids is 1. The minimum absolute atomic E-state index is 0.00795. The molecule has 1 atom stereocenters. The molecule has 3 aromatic rings. The third kappa shape index (κ3) is 2.57. The molecule has 2 aliphatic rings. The van der Waals surface area contributed by atoms with Crippen molar-refractivity contribution in [2.45, 2.75) is 38.8 Å². The first-order chi connectivity index (χ1) is 13.5. The Balaban J connectivity index is 1.46. The lowest BCUT2D eigenvalue weighted by atomic mass is 10.1. The molecule has 0 radical (unpaired) electrons. The molecule has 9 nitrogen and oxygen atoms in total. The van der Waals surface area contributed by atoms with Crippen LogP contribution < -0.4 is 5.56 Å². The molecule has 3 aromatic heterocycles. The molecular formula is C19H21N7O2. The number of nitrogens with one attached hydrogen (secondary N) is 1. The lowest BCUT2D eigenvalue weighted by Gasteiger charge is -2.32. The fourth-order valence-electron chi connectivity index (χ4n) is 4.26. The van der Waals surface area contributed by atoms with Crippen LogP contribution in [0, 0.1) is 0 Å². The summed E-state index contributed by atoms with van der Waals surface area (Å²) < 4.78 is 3.77. The standard InChI is InChI=1S/C19H21N7O2/c1-11-8-25(19(28)14-6-12-4-3-5-15(12)21-18(14)27)10-16-22-23-17(26(11)16)13-7-20-24(2)9-13/h6-7,9,11H,3-5,8,10H2,1-2H3,(H,21,27)/t11-/m0/s1. The van der Waals surface area contributed by atoms with E-state index in [1.807, 2.05) is 24.7 Å². The normalized spacial score (nSPS) is 18.2. The van der Waals surface area contributed by atoms with Gasteiger partial charge in [-0.15, -0.1) is 10.2 Å². The number of rotatable bonds is 2. The Hall–Kier alpha value is -3.23. The van der Waals surface area contributed by atoms with E-state index < -0.39 is 0 Å². The number of H-pyrrole nitrogens is 1. The van der Waals surface area contributed by atoms with Crippen molar-refractivity contribution >= 4 is 5.91 Å². The Kier molecular flexibility index (Phi) is 3.71. The second-order valence-electron chi connectivity index (χ2n) is 7.62. The topological polar surface area (TPSA) is 102 Å². The van der Waals surface area contributed by atoms with Gasteiger partial charge in [0, 0.05) is 25.5 Å². The van der Waals surface area contributed by atoms with E-state index in [9.17, 15) is 9.59 Å². The molecule has 1 N–H and O–H groups in total. The third-order valence-corrected chi connectivity index (χ3v) is 5.59. The second kappa shape index (κ2) is 6.15. The molecule has 0 spiro atoms. The number of aromatic amines is 1. The van der Waals surface area contributed by atoms with Gasteiger partial charge in [-0.2, -0.15) is 5.10 Å². The fourth-order valence-corrected chi connectivity index (χ4v) is 4.26. The van der Waals surface area contributed by atoms with Crippen LogP contribution in [0.3, 0.4) is 0 Å². The van der Waals surface area contributed by atoms with Gasteiger partial charge in [0.25, 0.3) is 11.5 Å². The zero-order valence-electron chi connectivity index (χ0n) is 15.8. The number of fused-ring (bicyclic) bond motifs is 2. The summed E-state index contributed by atoms with van der Waals surface area (Å²) in [5.74, 6) is 1.21. The van der Waals surface area contributed by atoms with Crippen LogP contribution in [0.1, 0.15) is 46.8 Å². The van der Waals surface area contributed by atoms with Gasteiger partial charge < -0.3 is 14.5 Å². The van der Waals surface area contributed by atoms with Gasteiger partial charge in [-0.05, 0) is 37.8 Å². The smallest absolute Gasteiger partial charge is 0.261 e. The highest BCUT2D eigenvalue weighted by atomic mass is 16.2. The number of hydrogen-bond donors (Lipinski definition) is 1. The van der Waals surface area contributed by atoms with Gasteiger partial charge >= 0.3 is 0 Å². The molecule has 0 aromatic carbocycles. The highest BCUT2D eigenvalue weighted by molar-refractivity contribution is 5.94. The maximum atomic E-state index is 13.1. The lowest BCUT2D eigenvalue weighted by molar-refractivity contribution is 0.0680. The number of aromatic nitrogens is 6. The average Bonchev–Trinajstić information content (AvgIpc) is 3.39. The molecule has 1 aliphatic carbocycles. The van der Waals surface area contributed by atoms with Crippen LogP contribution in [0.15, 0.2) is 23.3 Å². The van der Waals surface area contributed by atoms with Crippen molar-refractivity contribution in [2.75, 3.05) is 6.54 Å². The maximum absolute atomic E-state index is 13.1. The van der Waals surface area contributed by atoms with E-state index in [-0.39, 0.29) is 23.1 Å². The van der Waals surface area contributed by atoms with Crippen LogP contribution >= 0.6 is 0 Å². The number of aryl methyl sites for hydroxylation is 3. The summed E-state index contributed by atoms with van der Waals surface area (Å²) in [6.07, 6.45) is 6.45. The van der Waals surface area contributed by atoms with Gasteiger partial charge in [0.05, 0.1) is 24.3 Å². The molecule has 4 heterocycles. The summed E-state index contributed by atoms with van der Waals surface area (Å²) in [7, 11) is 1.86. The summed E-state index contributed by atoms with van der Waals surface area (Å²) in [5.41, 5.74) is 2.85. The molecule has 0 saturated heterocycles. The minimum atomic E-state index is -0.304. The van der Waals surface area contributed by atoms with Crippen LogP contribution in [0.4, 0.5) is 0 Å². The highest BCUT2D eigenvalue weighted by Crippen LogP contribution is 2.28. The Morgan fingerprint density at radius 2 is 2.14 bits per heavy atom. The summed E-state index contributed by atoms with van der Waals surface area (Å²) in [5, 5.41) is 12.8. The van der Waals surface area contributed by atoms with Crippen molar-refractivity contribution in [3.63, 3.8) is 0 Å². The van der Waals surface area contributed by atoms with Crippen molar-refractivity contribution in [3.05, 3.63) is 51.5 Å². The Bertz CT molecular complexity index is 1140. The monoisotopic (exact) mass is 379 g/mol. The molecule has 9 heteroatoms. The Morgan fingerprint density at radius 1 is 1.29 bits per heavy atom. The first-order valence-electron chi connectivity index (χ1n) is 9.48. The quantitative estimate of drug-likeness (QED) is 0.718. The third-order valence-electron chi connectivity index (χ3n) is 5.59. The molecule has 1 aliphatic heterocycles. The number of pyridine rings is 1. The SMILES string of the molecule is C[C@H]1CN(C(=O)c2cc3c([nH]c2=O)CCC3)Cc2nnc(-c3cnn(C)c3)n21. The fraction of sp³-hybridized carbons (Fsp3) is 0.421. The van der Waals surface area contributed by atoms with E-state index in [2.05, 4.69) is 20.3 Å². The van der Waals surface area contributed by atoms with Crippen molar-refractivity contribution in [2.24, 2.45) is 7.05 Å². The average molecular weight is 379 g/mol. The molecule has 0 bridgehead atoms. The van der Waals surface area contributed by atoms with Gasteiger partial charge in [-0.25, -0.2) is 0 Å². The van der Waals surface area contributed by atoms with Crippen LogP contribution in [-0.4, -0.2) is 46.9 Å². The van der Waals surface area contributed by atoms with Gasteiger partial charge in [0.2, 0.25) is 0 Å². The van der Waals surface area contributed by atoms with E-state index in [1.165, 1.54) is 0 Å². The second-order valence-corrected chi connectivity index (χ2v) is 7.62. The van der Waals surface area contributed by atoms with E-state index in [0.29, 0.717) is 18.9 Å². The summed E-state index contributed by atoms with van der Waals surface area (Å²) in [6.45, 7) is 2.85. The number of hydrogen-bond acceptors (Lipinski definition) is 5. The minimum Gasteiger partial charge on any atom is -0.329 e. The highest BCUT2D eigenvalue weighted by Gasteiger charge is 2.31. The van der Waals surface area contributed by atoms with Gasteiger partial charge in [-0.1, -0.05) is 0 Å². The number of nitrogens with zero attached hydrogens (tertiary/aromatic N) is 6. The Morgan fingerprint density at radius 3 is 2.93 bits per heavy atom. The predicted octanol–water partition coefficient (Wildman–Crippen LogP) is 1.07. The van der Waals surface area contributed by atoms with Gasteiger partial charge in [0.15, 0.2) is 11.6 Å². The molecule has 144 valence electrons. The maximum Gasteiger partial charge on any atom is 0.261 e. The molecule has 28 heavy (non-hydrogen) atoms. The zero-order valence-corrected chi connectivity index (χ0v) is 15.8. The predicted molar refractivity (Wildman–Crippen MR) is 101 cm³/mol. The summed E-state index contributed by atoms with van der Waals surface area (Å²) in [6, 6.07) is 1.76. The van der Waals surface area contributed by atoms with Crippen LogP contribution in [-0.2, 0) is 26.4 Å². The molecule has 0 saturated carbocycles. The van der Waals surface area contributed by atoms with Crippen LogP contribution in [0.25, 0.3) is 11.4 Å². The summed E-state index contributed by atoms with van der Waals surface area (Å²) in [4.78, 5) is 30.1. The van der Waals surface area contributed by atoms with E-state index in [4.69, 9.17) is 0 Å². The molecule has 0 unspecified atom stereocenters. The van der Waals surface area contributed by atoms with Crippen molar-refractivity contribution in [1.29, 1.82) is 0 Å². The van der Waals surface area contributed by atoms with Gasteiger partial charge in [-0.3, -0.25) is 14.3 Å². The van der Waals surface area contributed by atoms with Crippen LogP contribution in [0.2, 0.25) is 0 Å². The van der Waals surface area contributed by atoms with E-state index >= 15 is 0 Å².